The average Bonchev–Trinajstić information content (AvgIpc) is 2.92. The van der Waals surface area contributed by atoms with Gasteiger partial charge in [0.25, 0.3) is 5.91 Å². The van der Waals surface area contributed by atoms with Crippen LogP contribution in [-0.4, -0.2) is 62.1 Å². The number of methoxy groups -OCH3 is 1. The van der Waals surface area contributed by atoms with Crippen molar-refractivity contribution in [2.24, 2.45) is 0 Å². The number of hydrogen-bond acceptors (Lipinski definition) is 6. The highest BCUT2D eigenvalue weighted by Crippen LogP contribution is 2.48. The lowest BCUT2D eigenvalue weighted by atomic mass is 10.0. The maximum absolute atomic E-state index is 13.9. The number of carbonyl (C=O) groups is 2. The maximum atomic E-state index is 13.9. The van der Waals surface area contributed by atoms with Crippen LogP contribution >= 0.6 is 11.8 Å². The molecule has 0 aromatic heterocycles. The predicted octanol–water partition coefficient (Wildman–Crippen LogP) is 4.58. The van der Waals surface area contributed by atoms with Crippen molar-refractivity contribution in [3.8, 4) is 5.75 Å². The Morgan fingerprint density at radius 2 is 1.76 bits per heavy atom. The highest BCUT2D eigenvalue weighted by Gasteiger charge is 2.41. The number of amides is 1. The summed E-state index contributed by atoms with van der Waals surface area (Å²) in [7, 11) is 5.58. The summed E-state index contributed by atoms with van der Waals surface area (Å²) in [5, 5.41) is -0.395. The van der Waals surface area contributed by atoms with E-state index in [1.165, 1.54) is 6.92 Å². The number of hydrogen-bond donors (Lipinski definition) is 0. The van der Waals surface area contributed by atoms with Crippen molar-refractivity contribution < 1.29 is 19.1 Å². The molecule has 0 fully saturated rings. The molecule has 7 heteroatoms. The van der Waals surface area contributed by atoms with Gasteiger partial charge in [0, 0.05) is 30.6 Å². The van der Waals surface area contributed by atoms with Crippen molar-refractivity contribution >= 4 is 28.5 Å². The lowest BCUT2D eigenvalue weighted by Crippen LogP contribution is -2.44. The first-order valence-electron chi connectivity index (χ1n) is 11.1. The number of benzene rings is 2. The third-order valence-electron chi connectivity index (χ3n) is 5.50. The Kier molecular flexibility index (Phi) is 8.58. The summed E-state index contributed by atoms with van der Waals surface area (Å²) >= 11 is 1.58. The van der Waals surface area contributed by atoms with E-state index in [0.29, 0.717) is 19.5 Å². The van der Waals surface area contributed by atoms with Crippen LogP contribution in [0.2, 0.25) is 0 Å². The number of likely N-dealkylation sites (N-methyl/N-ethyl adjacent to an activating group) is 1. The summed E-state index contributed by atoms with van der Waals surface area (Å²) in [6.45, 7) is 4.62. The minimum absolute atomic E-state index is 0.192. The van der Waals surface area contributed by atoms with Gasteiger partial charge in [-0.1, -0.05) is 49.4 Å². The van der Waals surface area contributed by atoms with Gasteiger partial charge in [-0.05, 0) is 43.8 Å². The van der Waals surface area contributed by atoms with Gasteiger partial charge in [0.2, 0.25) is 0 Å². The summed E-state index contributed by atoms with van der Waals surface area (Å²) in [6.07, 6.45) is -0.260. The van der Waals surface area contributed by atoms with E-state index in [2.05, 4.69) is 19.1 Å². The second kappa shape index (κ2) is 11.4. The van der Waals surface area contributed by atoms with Gasteiger partial charge in [0.15, 0.2) is 6.10 Å². The van der Waals surface area contributed by atoms with Crippen molar-refractivity contribution in [2.75, 3.05) is 34.3 Å². The van der Waals surface area contributed by atoms with Crippen LogP contribution in [0.3, 0.4) is 0 Å². The van der Waals surface area contributed by atoms with Crippen LogP contribution < -0.4 is 4.74 Å². The molecule has 0 aliphatic carbocycles. The van der Waals surface area contributed by atoms with E-state index < -0.39 is 17.3 Å². The number of nitrogens with zero attached hydrogens (tertiary/aromatic N) is 2. The first kappa shape index (κ1) is 24.9. The molecular weight excluding hydrogens is 436 g/mol. The molecule has 3 rings (SSSR count). The normalized spacial score (nSPS) is 19.0. The van der Waals surface area contributed by atoms with Crippen molar-refractivity contribution in [3.05, 3.63) is 71.4 Å². The van der Waals surface area contributed by atoms with E-state index in [0.717, 1.165) is 27.5 Å². The van der Waals surface area contributed by atoms with Gasteiger partial charge in [-0.15, -0.1) is 11.8 Å². The fourth-order valence-electron chi connectivity index (χ4n) is 3.84. The van der Waals surface area contributed by atoms with Gasteiger partial charge in [-0.3, -0.25) is 9.59 Å². The van der Waals surface area contributed by atoms with Crippen molar-refractivity contribution in [1.82, 2.24) is 9.80 Å². The van der Waals surface area contributed by atoms with Crippen molar-refractivity contribution in [1.29, 1.82) is 0 Å². The molecule has 1 amide bonds. The van der Waals surface area contributed by atoms with Gasteiger partial charge < -0.3 is 19.3 Å². The minimum atomic E-state index is -0.939. The van der Waals surface area contributed by atoms with Gasteiger partial charge in [0.05, 0.1) is 12.4 Å². The van der Waals surface area contributed by atoms with E-state index in [-0.39, 0.29) is 5.91 Å². The first-order valence-corrected chi connectivity index (χ1v) is 12.0. The molecule has 33 heavy (non-hydrogen) atoms. The molecule has 0 spiro atoms. The van der Waals surface area contributed by atoms with Crippen LogP contribution in [0.1, 0.15) is 36.6 Å². The maximum Gasteiger partial charge on any atom is 0.303 e. The second-order valence-corrected chi connectivity index (χ2v) is 9.28. The van der Waals surface area contributed by atoms with Crippen LogP contribution in [-0.2, 0) is 14.3 Å². The summed E-state index contributed by atoms with van der Waals surface area (Å²) in [5.41, 5.74) is 2.90. The molecule has 0 saturated heterocycles. The van der Waals surface area contributed by atoms with Gasteiger partial charge >= 0.3 is 5.97 Å². The predicted molar refractivity (Wildman–Crippen MR) is 133 cm³/mol. The highest BCUT2D eigenvalue weighted by molar-refractivity contribution is 8.08. The molecule has 1 aliphatic rings. The molecule has 2 aromatic rings. The zero-order chi connectivity index (χ0) is 24.0. The van der Waals surface area contributed by atoms with E-state index in [4.69, 9.17) is 9.47 Å². The number of thioether (sulfide) groups is 1. The molecule has 2 atom stereocenters. The van der Waals surface area contributed by atoms with Crippen LogP contribution in [0.4, 0.5) is 0 Å². The molecule has 0 radical (unpaired) electrons. The first-order chi connectivity index (χ1) is 15.8. The fraction of sp³-hybridized carbons (Fsp3) is 0.385. The number of carbonyl (C=O) groups excluding carboxylic acids is 2. The summed E-state index contributed by atoms with van der Waals surface area (Å²) in [6, 6.07) is 17.7. The van der Waals surface area contributed by atoms with Crippen molar-refractivity contribution in [3.63, 3.8) is 0 Å². The quantitative estimate of drug-likeness (QED) is 0.529. The van der Waals surface area contributed by atoms with Gasteiger partial charge in [-0.25, -0.2) is 0 Å². The smallest absolute Gasteiger partial charge is 0.303 e. The molecule has 1 heterocycles. The SMILES string of the molecule is CCC1=C(c2ccccc2)S[C@H](c2ccc(OC)cc2)[C@H](OC(C)=O)C(=O)N1CCN(C)C. The largest absolute Gasteiger partial charge is 0.497 e. The van der Waals surface area contributed by atoms with E-state index in [1.54, 1.807) is 18.9 Å². The fourth-order valence-corrected chi connectivity index (χ4v) is 5.35. The summed E-state index contributed by atoms with van der Waals surface area (Å²) < 4.78 is 11.0. The summed E-state index contributed by atoms with van der Waals surface area (Å²) in [4.78, 5) is 30.9. The summed E-state index contributed by atoms with van der Waals surface area (Å²) in [5.74, 6) is 0.0674. The van der Waals surface area contributed by atoms with Crippen molar-refractivity contribution in [2.45, 2.75) is 31.6 Å². The second-order valence-electron chi connectivity index (χ2n) is 8.13. The third-order valence-corrected chi connectivity index (χ3v) is 6.98. The molecule has 6 nitrogen and oxygen atoms in total. The number of esters is 1. The Morgan fingerprint density at radius 1 is 1.09 bits per heavy atom. The lowest BCUT2D eigenvalue weighted by Gasteiger charge is -2.29. The minimum Gasteiger partial charge on any atom is -0.497 e. The van der Waals surface area contributed by atoms with Crippen LogP contribution in [0.15, 0.2) is 60.3 Å². The molecule has 0 N–H and O–H groups in total. The van der Waals surface area contributed by atoms with Crippen LogP contribution in [0.5, 0.6) is 5.75 Å². The number of ether oxygens (including phenoxy) is 2. The Bertz CT molecular complexity index is 989. The number of rotatable bonds is 8. The molecule has 0 bridgehead atoms. The van der Waals surface area contributed by atoms with Gasteiger partial charge in [0.1, 0.15) is 5.75 Å². The zero-order valence-electron chi connectivity index (χ0n) is 19.9. The Hall–Kier alpha value is -2.77. The van der Waals surface area contributed by atoms with Crippen LogP contribution in [0, 0.1) is 0 Å². The van der Waals surface area contributed by atoms with E-state index in [9.17, 15) is 9.59 Å². The number of allylic oxidation sites excluding steroid dienone is 1. The Balaban J connectivity index is 2.17. The average molecular weight is 469 g/mol. The monoisotopic (exact) mass is 468 g/mol. The zero-order valence-corrected chi connectivity index (χ0v) is 20.7. The topological polar surface area (TPSA) is 59.1 Å². The van der Waals surface area contributed by atoms with E-state index in [1.807, 2.05) is 66.4 Å². The molecule has 176 valence electrons. The molecule has 0 saturated carbocycles. The van der Waals surface area contributed by atoms with E-state index >= 15 is 0 Å². The molecular formula is C26H32N2O4S. The van der Waals surface area contributed by atoms with Gasteiger partial charge in [-0.2, -0.15) is 0 Å². The lowest BCUT2D eigenvalue weighted by molar-refractivity contribution is -0.157. The molecule has 1 aliphatic heterocycles. The van der Waals surface area contributed by atoms with Crippen LogP contribution in [0.25, 0.3) is 4.91 Å². The third kappa shape index (κ3) is 5.97. The standard InChI is InChI=1S/C26H32N2O4S/c1-6-22-24(19-10-8-7-9-11-19)33-25(20-12-14-21(31-5)15-13-20)23(32-18(2)29)26(30)28(22)17-16-27(3)4/h7-15,23,25H,6,16-17H2,1-5H3/t23-,25+/m0/s1. The highest BCUT2D eigenvalue weighted by atomic mass is 32.2. The Labute approximate surface area is 200 Å². The Morgan fingerprint density at radius 3 is 2.30 bits per heavy atom. The molecule has 0 unspecified atom stereocenters. The molecule has 2 aromatic carbocycles.